The van der Waals surface area contributed by atoms with Crippen LogP contribution in [-0.4, -0.2) is 38.2 Å². The van der Waals surface area contributed by atoms with Crippen LogP contribution >= 0.6 is 22.9 Å². The zero-order valence-electron chi connectivity index (χ0n) is 23.4. The highest BCUT2D eigenvalue weighted by atomic mass is 35.5. The van der Waals surface area contributed by atoms with Gasteiger partial charge in [-0.05, 0) is 56.0 Å². The predicted octanol–water partition coefficient (Wildman–Crippen LogP) is 5.03. The van der Waals surface area contributed by atoms with Crippen molar-refractivity contribution in [3.8, 4) is 5.00 Å². The Morgan fingerprint density at radius 1 is 1.07 bits per heavy atom. The molecular weight excluding hydrogens is 572 g/mol. The highest BCUT2D eigenvalue weighted by molar-refractivity contribution is 7.15. The van der Waals surface area contributed by atoms with Crippen LogP contribution in [0.15, 0.2) is 53.5 Å². The zero-order chi connectivity index (χ0) is 29.5. The predicted molar refractivity (Wildman–Crippen MR) is 161 cm³/mol. The molecule has 0 bridgehead atoms. The molecule has 2 aromatic carbocycles. The SMILES string of the molecule is Cc1sc2c(c1C)C(c1ccc(Cl)cc1)=N[C@@H](CC(=O)NCc1ccc(C3CCC(=O)NC3=O)cc1)c1nnc(C)n1-2. The summed E-state index contributed by atoms with van der Waals surface area (Å²) in [5.41, 5.74) is 5.62. The first-order valence-corrected chi connectivity index (χ1v) is 14.9. The third-order valence-electron chi connectivity index (χ3n) is 7.85. The number of fused-ring (bicyclic) bond motifs is 3. The number of aromatic nitrogens is 3. The fraction of sp³-hybridized carbons (Fsp3) is 0.290. The lowest BCUT2D eigenvalue weighted by molar-refractivity contribution is -0.134. The number of halogens is 1. The van der Waals surface area contributed by atoms with E-state index in [4.69, 9.17) is 16.6 Å². The van der Waals surface area contributed by atoms with E-state index in [2.05, 4.69) is 34.7 Å². The van der Waals surface area contributed by atoms with E-state index in [0.29, 0.717) is 30.2 Å². The van der Waals surface area contributed by atoms with Crippen molar-refractivity contribution in [2.45, 2.75) is 58.5 Å². The van der Waals surface area contributed by atoms with Crippen molar-refractivity contribution in [1.82, 2.24) is 25.4 Å². The van der Waals surface area contributed by atoms with Gasteiger partial charge in [0.15, 0.2) is 5.82 Å². The van der Waals surface area contributed by atoms with Crippen molar-refractivity contribution in [1.29, 1.82) is 0 Å². The standard InChI is InChI=1S/C31H29ClN6O3S/c1-16-17(2)42-31-27(16)28(21-8-10-22(32)11-9-21)34-24(29-37-36-18(3)38(29)31)14-26(40)33-15-19-4-6-20(7-5-19)23-12-13-25(39)35-30(23)41/h4-11,23-24H,12-15H2,1-3H3,(H,33,40)(H,35,39,41)/t23?,24-/m0/s1. The van der Waals surface area contributed by atoms with Gasteiger partial charge in [0.05, 0.1) is 18.1 Å². The monoisotopic (exact) mass is 600 g/mol. The zero-order valence-corrected chi connectivity index (χ0v) is 25.0. The van der Waals surface area contributed by atoms with E-state index in [0.717, 1.165) is 44.4 Å². The van der Waals surface area contributed by atoms with E-state index >= 15 is 0 Å². The topological polar surface area (TPSA) is 118 Å². The van der Waals surface area contributed by atoms with Gasteiger partial charge in [-0.2, -0.15) is 0 Å². The van der Waals surface area contributed by atoms with Crippen LogP contribution in [0.25, 0.3) is 5.00 Å². The number of benzene rings is 2. The molecule has 1 unspecified atom stereocenters. The highest BCUT2D eigenvalue weighted by Crippen LogP contribution is 2.39. The number of nitrogens with zero attached hydrogens (tertiary/aromatic N) is 4. The Hall–Kier alpha value is -4.15. The van der Waals surface area contributed by atoms with Crippen molar-refractivity contribution in [2.75, 3.05) is 0 Å². The Balaban J connectivity index is 1.24. The third kappa shape index (κ3) is 5.28. The average Bonchev–Trinajstić information content (AvgIpc) is 3.44. The molecular formula is C31H29ClN6O3S. The van der Waals surface area contributed by atoms with Crippen LogP contribution in [0.5, 0.6) is 0 Å². The van der Waals surface area contributed by atoms with Crippen LogP contribution in [0.3, 0.4) is 0 Å². The quantitative estimate of drug-likeness (QED) is 0.301. The van der Waals surface area contributed by atoms with Crippen LogP contribution in [0, 0.1) is 20.8 Å². The number of aryl methyl sites for hydroxylation is 2. The van der Waals surface area contributed by atoms with Crippen LogP contribution < -0.4 is 10.6 Å². The number of carbonyl (C=O) groups is 3. The molecule has 0 aliphatic carbocycles. The maximum absolute atomic E-state index is 13.3. The first kappa shape index (κ1) is 28.0. The molecule has 0 spiro atoms. The van der Waals surface area contributed by atoms with E-state index in [1.165, 1.54) is 4.88 Å². The summed E-state index contributed by atoms with van der Waals surface area (Å²) in [6.45, 7) is 6.42. The maximum Gasteiger partial charge on any atom is 0.234 e. The van der Waals surface area contributed by atoms with Gasteiger partial charge in [-0.3, -0.25) is 29.3 Å². The van der Waals surface area contributed by atoms with Gasteiger partial charge in [0.2, 0.25) is 17.7 Å². The third-order valence-corrected chi connectivity index (χ3v) is 9.29. The van der Waals surface area contributed by atoms with E-state index in [1.54, 1.807) is 11.3 Å². The number of aliphatic imine (C=N–C) groups is 1. The number of hydrogen-bond donors (Lipinski definition) is 2. The summed E-state index contributed by atoms with van der Waals surface area (Å²) in [5.74, 6) is 0.356. The number of nitrogens with one attached hydrogen (secondary N) is 2. The molecule has 9 nitrogen and oxygen atoms in total. The number of rotatable bonds is 6. The number of amides is 3. The maximum atomic E-state index is 13.3. The molecule has 2 atom stereocenters. The molecule has 4 heterocycles. The van der Waals surface area contributed by atoms with Gasteiger partial charge in [-0.1, -0.05) is 48.0 Å². The van der Waals surface area contributed by atoms with E-state index in [9.17, 15) is 14.4 Å². The summed E-state index contributed by atoms with van der Waals surface area (Å²) >= 11 is 7.86. The first-order chi connectivity index (χ1) is 20.2. The lowest BCUT2D eigenvalue weighted by atomic mass is 9.90. The normalized spacial score (nSPS) is 18.0. The summed E-state index contributed by atoms with van der Waals surface area (Å²) in [4.78, 5) is 43.3. The summed E-state index contributed by atoms with van der Waals surface area (Å²) in [6, 6.07) is 14.6. The minimum absolute atomic E-state index is 0.0938. The number of hydrogen-bond acceptors (Lipinski definition) is 7. The van der Waals surface area contributed by atoms with Crippen molar-refractivity contribution in [3.05, 3.63) is 97.9 Å². The van der Waals surface area contributed by atoms with Crippen molar-refractivity contribution in [2.24, 2.45) is 4.99 Å². The Labute approximate surface area is 252 Å². The van der Waals surface area contributed by atoms with Gasteiger partial charge in [-0.15, -0.1) is 21.5 Å². The highest BCUT2D eigenvalue weighted by Gasteiger charge is 2.32. The molecule has 2 aliphatic rings. The number of carbonyl (C=O) groups excluding carboxylic acids is 3. The van der Waals surface area contributed by atoms with Crippen molar-refractivity contribution in [3.63, 3.8) is 0 Å². The van der Waals surface area contributed by atoms with Gasteiger partial charge in [0, 0.05) is 34.0 Å². The molecule has 6 rings (SSSR count). The van der Waals surface area contributed by atoms with Crippen molar-refractivity contribution >= 4 is 46.4 Å². The summed E-state index contributed by atoms with van der Waals surface area (Å²) < 4.78 is 2.03. The molecule has 2 aliphatic heterocycles. The second kappa shape index (κ2) is 11.3. The number of thiophene rings is 1. The molecule has 0 saturated carbocycles. The van der Waals surface area contributed by atoms with Gasteiger partial charge in [-0.25, -0.2) is 0 Å². The Morgan fingerprint density at radius 3 is 2.52 bits per heavy atom. The molecule has 3 amide bonds. The Morgan fingerprint density at radius 2 is 1.81 bits per heavy atom. The summed E-state index contributed by atoms with van der Waals surface area (Å²) in [6.07, 6.45) is 0.921. The van der Waals surface area contributed by atoms with Crippen molar-refractivity contribution < 1.29 is 14.4 Å². The molecule has 0 radical (unpaired) electrons. The second-order valence-corrected chi connectivity index (χ2v) is 12.3. The minimum atomic E-state index is -0.550. The van der Waals surface area contributed by atoms with Gasteiger partial charge in [0.25, 0.3) is 0 Å². The fourth-order valence-corrected chi connectivity index (χ4v) is 6.80. The average molecular weight is 601 g/mol. The molecule has 42 heavy (non-hydrogen) atoms. The molecule has 2 aromatic heterocycles. The van der Waals surface area contributed by atoms with Gasteiger partial charge >= 0.3 is 0 Å². The van der Waals surface area contributed by atoms with Crippen LogP contribution in [0.2, 0.25) is 5.02 Å². The second-order valence-electron chi connectivity index (χ2n) is 10.6. The largest absolute Gasteiger partial charge is 0.352 e. The lowest BCUT2D eigenvalue weighted by Crippen LogP contribution is -2.39. The smallest absolute Gasteiger partial charge is 0.234 e. The molecule has 1 saturated heterocycles. The lowest BCUT2D eigenvalue weighted by Gasteiger charge is -2.21. The summed E-state index contributed by atoms with van der Waals surface area (Å²) in [5, 5.41) is 15.9. The molecule has 2 N–H and O–H groups in total. The van der Waals surface area contributed by atoms with Crippen LogP contribution in [-0.2, 0) is 20.9 Å². The molecule has 214 valence electrons. The van der Waals surface area contributed by atoms with Gasteiger partial charge in [0.1, 0.15) is 16.9 Å². The molecule has 4 aromatic rings. The molecule has 11 heteroatoms. The van der Waals surface area contributed by atoms with Gasteiger partial charge < -0.3 is 5.32 Å². The van der Waals surface area contributed by atoms with E-state index in [1.807, 2.05) is 60.0 Å². The fourth-order valence-electron chi connectivity index (χ4n) is 5.46. The first-order valence-electron chi connectivity index (χ1n) is 13.7. The van der Waals surface area contributed by atoms with Crippen LogP contribution in [0.4, 0.5) is 0 Å². The summed E-state index contributed by atoms with van der Waals surface area (Å²) in [7, 11) is 0. The molecule has 1 fully saturated rings. The Kier molecular flexibility index (Phi) is 7.51. The Bertz CT molecular complexity index is 1740. The van der Waals surface area contributed by atoms with E-state index in [-0.39, 0.29) is 30.1 Å². The number of piperidine rings is 1. The number of imide groups is 1. The minimum Gasteiger partial charge on any atom is -0.352 e. The van der Waals surface area contributed by atoms with Crippen LogP contribution in [0.1, 0.15) is 75.6 Å². The van der Waals surface area contributed by atoms with E-state index < -0.39 is 6.04 Å².